The van der Waals surface area contributed by atoms with Gasteiger partial charge in [0.05, 0.1) is 5.41 Å². The molecule has 7 heteroatoms. The highest BCUT2D eigenvalue weighted by atomic mass is 16.4. The second-order valence-electron chi connectivity index (χ2n) is 6.28. The van der Waals surface area contributed by atoms with Crippen LogP contribution in [0.5, 0.6) is 0 Å². The summed E-state index contributed by atoms with van der Waals surface area (Å²) in [5.74, 6) is -0.971. The number of nitrogens with one attached hydrogen (secondary N) is 2. The lowest BCUT2D eigenvalue weighted by molar-refractivity contribution is -0.139. The van der Waals surface area contributed by atoms with Crippen molar-refractivity contribution in [1.82, 2.24) is 15.5 Å². The molecule has 3 N–H and O–H groups in total. The lowest BCUT2D eigenvalue weighted by Crippen LogP contribution is -2.49. The fraction of sp³-hybridized carbons (Fsp3) is 0.786. The number of rotatable bonds is 5. The molecule has 2 atom stereocenters. The van der Waals surface area contributed by atoms with Crippen LogP contribution >= 0.6 is 0 Å². The van der Waals surface area contributed by atoms with Crippen molar-refractivity contribution in [2.24, 2.45) is 11.3 Å². The van der Waals surface area contributed by atoms with Crippen molar-refractivity contribution in [1.29, 1.82) is 0 Å². The van der Waals surface area contributed by atoms with Crippen LogP contribution in [0, 0.1) is 11.3 Å². The number of carboxylic acids is 1. The standard InChI is InChI=1S/C14H25N3O4/c1-9(2)7-10(11(18)19)16-13(21)17-6-5-14(3,8-17)12(20)15-4/h9-10H,5-8H2,1-4H3,(H,15,20)(H,16,21)(H,18,19)/t10-,14?/m0/s1. The van der Waals surface area contributed by atoms with Gasteiger partial charge < -0.3 is 20.6 Å². The molecule has 120 valence electrons. The van der Waals surface area contributed by atoms with Gasteiger partial charge in [-0.2, -0.15) is 0 Å². The van der Waals surface area contributed by atoms with Gasteiger partial charge in [0, 0.05) is 20.1 Å². The maximum Gasteiger partial charge on any atom is 0.326 e. The minimum Gasteiger partial charge on any atom is -0.480 e. The fourth-order valence-corrected chi connectivity index (χ4v) is 2.55. The topological polar surface area (TPSA) is 98.7 Å². The molecule has 1 saturated heterocycles. The summed E-state index contributed by atoms with van der Waals surface area (Å²) in [4.78, 5) is 36.7. The zero-order valence-electron chi connectivity index (χ0n) is 13.1. The van der Waals surface area contributed by atoms with Gasteiger partial charge in [-0.25, -0.2) is 9.59 Å². The average Bonchev–Trinajstić information content (AvgIpc) is 2.80. The lowest BCUT2D eigenvalue weighted by atomic mass is 9.89. The average molecular weight is 299 g/mol. The highest BCUT2D eigenvalue weighted by Gasteiger charge is 2.42. The van der Waals surface area contributed by atoms with E-state index in [-0.39, 0.29) is 11.8 Å². The molecule has 0 bridgehead atoms. The number of aliphatic carboxylic acids is 1. The Morgan fingerprint density at radius 2 is 1.95 bits per heavy atom. The summed E-state index contributed by atoms with van der Waals surface area (Å²) >= 11 is 0. The van der Waals surface area contributed by atoms with Crippen LogP contribution in [0.3, 0.4) is 0 Å². The maximum atomic E-state index is 12.2. The number of carbonyl (C=O) groups excluding carboxylic acids is 2. The van der Waals surface area contributed by atoms with Crippen molar-refractivity contribution in [3.8, 4) is 0 Å². The molecular weight excluding hydrogens is 274 g/mol. The lowest BCUT2D eigenvalue weighted by Gasteiger charge is -2.24. The number of nitrogens with zero attached hydrogens (tertiary/aromatic N) is 1. The first kappa shape index (κ1) is 17.3. The molecular formula is C14H25N3O4. The van der Waals surface area contributed by atoms with Crippen LogP contribution in [0.4, 0.5) is 4.79 Å². The summed E-state index contributed by atoms with van der Waals surface area (Å²) in [7, 11) is 1.57. The summed E-state index contributed by atoms with van der Waals surface area (Å²) in [5, 5.41) is 14.3. The third kappa shape index (κ3) is 4.34. The smallest absolute Gasteiger partial charge is 0.326 e. The molecule has 3 amide bonds. The van der Waals surface area contributed by atoms with Crippen molar-refractivity contribution >= 4 is 17.9 Å². The number of carbonyl (C=O) groups is 3. The molecule has 21 heavy (non-hydrogen) atoms. The van der Waals surface area contributed by atoms with Gasteiger partial charge in [0.1, 0.15) is 6.04 Å². The number of carboxylic acid groups (broad SMARTS) is 1. The fourth-order valence-electron chi connectivity index (χ4n) is 2.55. The maximum absolute atomic E-state index is 12.2. The zero-order chi connectivity index (χ0) is 16.2. The molecule has 1 fully saturated rings. The molecule has 0 spiro atoms. The summed E-state index contributed by atoms with van der Waals surface area (Å²) < 4.78 is 0. The molecule has 0 saturated carbocycles. The summed E-state index contributed by atoms with van der Waals surface area (Å²) in [6.07, 6.45) is 0.948. The Bertz CT molecular complexity index is 424. The van der Waals surface area contributed by atoms with Crippen molar-refractivity contribution < 1.29 is 19.5 Å². The molecule has 0 aromatic rings. The van der Waals surface area contributed by atoms with E-state index in [9.17, 15) is 14.4 Å². The number of hydrogen-bond donors (Lipinski definition) is 3. The van der Waals surface area contributed by atoms with Crippen LogP contribution < -0.4 is 10.6 Å². The van der Waals surface area contributed by atoms with Crippen LogP contribution in [0.1, 0.15) is 33.6 Å². The van der Waals surface area contributed by atoms with E-state index < -0.39 is 23.5 Å². The van der Waals surface area contributed by atoms with Crippen LogP contribution in [-0.4, -0.2) is 54.1 Å². The third-order valence-corrected chi connectivity index (χ3v) is 3.84. The molecule has 7 nitrogen and oxygen atoms in total. The van der Waals surface area contributed by atoms with Crippen molar-refractivity contribution in [2.75, 3.05) is 20.1 Å². The van der Waals surface area contributed by atoms with E-state index in [2.05, 4.69) is 10.6 Å². The molecule has 0 aromatic carbocycles. The van der Waals surface area contributed by atoms with Crippen molar-refractivity contribution in [2.45, 2.75) is 39.7 Å². The Morgan fingerprint density at radius 3 is 2.43 bits per heavy atom. The number of amides is 3. The van der Waals surface area contributed by atoms with Gasteiger partial charge in [-0.05, 0) is 25.7 Å². The Hall–Kier alpha value is -1.79. The monoisotopic (exact) mass is 299 g/mol. The normalized spacial score (nSPS) is 23.0. The molecule has 1 rings (SSSR count). The minimum atomic E-state index is -1.04. The largest absolute Gasteiger partial charge is 0.480 e. The van der Waals surface area contributed by atoms with Gasteiger partial charge in [0.2, 0.25) is 5.91 Å². The van der Waals surface area contributed by atoms with Gasteiger partial charge in [0.25, 0.3) is 0 Å². The van der Waals surface area contributed by atoms with E-state index in [0.29, 0.717) is 25.9 Å². The Balaban J connectivity index is 2.64. The number of hydrogen-bond acceptors (Lipinski definition) is 3. The van der Waals surface area contributed by atoms with Gasteiger partial charge in [-0.15, -0.1) is 0 Å². The highest BCUT2D eigenvalue weighted by Crippen LogP contribution is 2.30. The minimum absolute atomic E-state index is 0.102. The predicted octanol–water partition coefficient (Wildman–Crippen LogP) is 0.653. The number of urea groups is 1. The SMILES string of the molecule is CNC(=O)C1(C)CCN(C(=O)N[C@@H](CC(C)C)C(=O)O)C1. The van der Waals surface area contributed by atoms with Gasteiger partial charge in [-0.1, -0.05) is 13.8 Å². The van der Waals surface area contributed by atoms with E-state index in [1.54, 1.807) is 7.05 Å². The Morgan fingerprint density at radius 1 is 1.33 bits per heavy atom. The quantitative estimate of drug-likeness (QED) is 0.694. The van der Waals surface area contributed by atoms with E-state index in [4.69, 9.17) is 5.11 Å². The van der Waals surface area contributed by atoms with E-state index in [1.165, 1.54) is 4.90 Å². The first-order chi connectivity index (χ1) is 9.69. The summed E-state index contributed by atoms with van der Waals surface area (Å²) in [5.41, 5.74) is -0.608. The first-order valence-electron chi connectivity index (χ1n) is 7.20. The van der Waals surface area contributed by atoms with Crippen molar-refractivity contribution in [3.63, 3.8) is 0 Å². The summed E-state index contributed by atoms with van der Waals surface area (Å²) in [6.45, 7) is 6.36. The van der Waals surface area contributed by atoms with Crippen LogP contribution in [0.15, 0.2) is 0 Å². The van der Waals surface area contributed by atoms with Crippen LogP contribution in [-0.2, 0) is 9.59 Å². The zero-order valence-corrected chi connectivity index (χ0v) is 13.1. The van der Waals surface area contributed by atoms with Crippen LogP contribution in [0.2, 0.25) is 0 Å². The predicted molar refractivity (Wildman–Crippen MR) is 77.8 cm³/mol. The first-order valence-corrected chi connectivity index (χ1v) is 7.20. The van der Waals surface area contributed by atoms with Crippen LogP contribution in [0.25, 0.3) is 0 Å². The van der Waals surface area contributed by atoms with Gasteiger partial charge in [-0.3, -0.25) is 4.79 Å². The third-order valence-electron chi connectivity index (χ3n) is 3.84. The van der Waals surface area contributed by atoms with Gasteiger partial charge in [0.15, 0.2) is 0 Å². The second kappa shape index (κ2) is 6.78. The molecule has 0 aromatic heterocycles. The molecule has 1 unspecified atom stereocenters. The van der Waals surface area contributed by atoms with E-state index in [1.807, 2.05) is 20.8 Å². The van der Waals surface area contributed by atoms with Gasteiger partial charge >= 0.3 is 12.0 Å². The van der Waals surface area contributed by atoms with E-state index >= 15 is 0 Å². The molecule has 1 aliphatic heterocycles. The Labute approximate surface area is 125 Å². The molecule has 0 aliphatic carbocycles. The molecule has 1 heterocycles. The second-order valence-corrected chi connectivity index (χ2v) is 6.28. The number of likely N-dealkylation sites (tertiary alicyclic amines) is 1. The van der Waals surface area contributed by atoms with Crippen molar-refractivity contribution in [3.05, 3.63) is 0 Å². The molecule has 0 radical (unpaired) electrons. The highest BCUT2D eigenvalue weighted by molar-refractivity contribution is 5.86. The van der Waals surface area contributed by atoms with E-state index in [0.717, 1.165) is 0 Å². The molecule has 1 aliphatic rings. The summed E-state index contributed by atoms with van der Waals surface area (Å²) in [6, 6.07) is -1.32. The Kier molecular flexibility index (Phi) is 5.57.